The first-order valence-corrected chi connectivity index (χ1v) is 10.7. The number of nitrogens with zero attached hydrogens (tertiary/aromatic N) is 2. The molecule has 0 saturated carbocycles. The van der Waals surface area contributed by atoms with Crippen LogP contribution in [0.25, 0.3) is 33.3 Å². The van der Waals surface area contributed by atoms with Crippen molar-refractivity contribution in [3.63, 3.8) is 0 Å². The van der Waals surface area contributed by atoms with Gasteiger partial charge >= 0.3 is 0 Å². The summed E-state index contributed by atoms with van der Waals surface area (Å²) in [5.41, 5.74) is 12.5. The molecule has 0 aliphatic rings. The lowest BCUT2D eigenvalue weighted by atomic mass is 9.98. The number of rotatable bonds is 7. The van der Waals surface area contributed by atoms with Crippen LogP contribution in [0, 0.1) is 0 Å². The van der Waals surface area contributed by atoms with E-state index in [-0.39, 0.29) is 0 Å². The van der Waals surface area contributed by atoms with Gasteiger partial charge in [-0.1, -0.05) is 66.7 Å². The minimum atomic E-state index is -0.413. The van der Waals surface area contributed by atoms with Crippen LogP contribution in [0.3, 0.4) is 0 Å². The van der Waals surface area contributed by atoms with E-state index < -0.39 is 6.23 Å². The van der Waals surface area contributed by atoms with Gasteiger partial charge < -0.3 is 4.74 Å². The number of nitrogens with one attached hydrogen (secondary N) is 1. The van der Waals surface area contributed by atoms with E-state index in [1.807, 2.05) is 54.7 Å². The molecule has 5 nitrogen and oxygen atoms in total. The molecule has 0 bridgehead atoms. The average molecular weight is 421 g/mol. The molecular weight excluding hydrogens is 396 g/mol. The number of benzene rings is 3. The molecule has 0 saturated heterocycles. The summed E-state index contributed by atoms with van der Waals surface area (Å²) in [7, 11) is 0. The molecule has 32 heavy (non-hydrogen) atoms. The van der Waals surface area contributed by atoms with Gasteiger partial charge in [-0.3, -0.25) is 15.8 Å². The lowest BCUT2D eigenvalue weighted by molar-refractivity contribution is 0.198. The molecule has 0 amide bonds. The van der Waals surface area contributed by atoms with Crippen molar-refractivity contribution < 1.29 is 4.74 Å². The second kappa shape index (κ2) is 9.04. The molecule has 5 rings (SSSR count). The van der Waals surface area contributed by atoms with Crippen molar-refractivity contribution in [1.82, 2.24) is 15.2 Å². The SMILES string of the molecule is N[C@H](CCc1ccccc1)Oc1cnc(-c2ccccc2)c(-c2ccc3[nH]ncc3c2)c1. The highest BCUT2D eigenvalue weighted by atomic mass is 16.5. The number of hydrogen-bond acceptors (Lipinski definition) is 4. The van der Waals surface area contributed by atoms with E-state index in [0.29, 0.717) is 5.75 Å². The van der Waals surface area contributed by atoms with Crippen molar-refractivity contribution in [2.45, 2.75) is 19.1 Å². The topological polar surface area (TPSA) is 76.8 Å². The van der Waals surface area contributed by atoms with Gasteiger partial charge in [0.25, 0.3) is 0 Å². The molecule has 2 aromatic heterocycles. The zero-order chi connectivity index (χ0) is 21.8. The lowest BCUT2D eigenvalue weighted by Gasteiger charge is -2.17. The molecule has 0 unspecified atom stereocenters. The summed E-state index contributed by atoms with van der Waals surface area (Å²) in [6, 6.07) is 28.7. The van der Waals surface area contributed by atoms with Crippen LogP contribution in [0.2, 0.25) is 0 Å². The minimum absolute atomic E-state index is 0.413. The molecule has 0 aliphatic carbocycles. The maximum atomic E-state index is 6.29. The molecule has 3 aromatic carbocycles. The van der Waals surface area contributed by atoms with Gasteiger partial charge in [-0.15, -0.1) is 0 Å². The molecule has 0 spiro atoms. The Balaban J connectivity index is 1.45. The highest BCUT2D eigenvalue weighted by molar-refractivity contribution is 5.88. The van der Waals surface area contributed by atoms with E-state index in [4.69, 9.17) is 15.5 Å². The predicted molar refractivity (Wildman–Crippen MR) is 128 cm³/mol. The summed E-state index contributed by atoms with van der Waals surface area (Å²) in [4.78, 5) is 4.76. The number of hydrogen-bond donors (Lipinski definition) is 2. The fourth-order valence-electron chi connectivity index (χ4n) is 3.85. The third-order valence-electron chi connectivity index (χ3n) is 5.51. The summed E-state index contributed by atoms with van der Waals surface area (Å²) in [6.07, 6.45) is 4.75. The number of H-pyrrole nitrogens is 1. The highest BCUT2D eigenvalue weighted by Crippen LogP contribution is 2.34. The zero-order valence-corrected chi connectivity index (χ0v) is 17.6. The molecule has 3 N–H and O–H groups in total. The van der Waals surface area contributed by atoms with E-state index in [1.165, 1.54) is 5.56 Å². The Morgan fingerprint density at radius 1 is 0.844 bits per heavy atom. The van der Waals surface area contributed by atoms with Crippen LogP contribution >= 0.6 is 0 Å². The Kier molecular flexibility index (Phi) is 5.64. The molecule has 5 heteroatoms. The van der Waals surface area contributed by atoms with Crippen LogP contribution in [0.15, 0.2) is 97.3 Å². The van der Waals surface area contributed by atoms with Crippen molar-refractivity contribution >= 4 is 10.9 Å². The summed E-state index contributed by atoms with van der Waals surface area (Å²) in [6.45, 7) is 0. The molecule has 158 valence electrons. The van der Waals surface area contributed by atoms with Crippen molar-refractivity contribution in [1.29, 1.82) is 0 Å². The van der Waals surface area contributed by atoms with E-state index in [0.717, 1.165) is 46.1 Å². The maximum Gasteiger partial charge on any atom is 0.148 e. The molecule has 2 heterocycles. The Hall–Kier alpha value is -3.96. The van der Waals surface area contributed by atoms with Gasteiger partial charge in [0.05, 0.1) is 23.6 Å². The van der Waals surface area contributed by atoms with E-state index in [9.17, 15) is 0 Å². The third-order valence-corrected chi connectivity index (χ3v) is 5.51. The Labute approximate surface area is 186 Å². The van der Waals surface area contributed by atoms with Crippen LogP contribution in [0.5, 0.6) is 5.75 Å². The smallest absolute Gasteiger partial charge is 0.148 e. The van der Waals surface area contributed by atoms with Gasteiger partial charge in [-0.2, -0.15) is 5.10 Å². The predicted octanol–water partition coefficient (Wildman–Crippen LogP) is 5.59. The standard InChI is InChI=1S/C27H24N4O/c28-26(14-11-19-7-3-1-4-8-19)32-23-16-24(21-12-13-25-22(15-21)17-30-31-25)27(29-18-23)20-9-5-2-6-10-20/h1-10,12-13,15-18,26H,11,14,28H2,(H,30,31)/t26-/m0/s1. The van der Waals surface area contributed by atoms with Gasteiger partial charge in [0.2, 0.25) is 0 Å². The Morgan fingerprint density at radius 3 is 2.44 bits per heavy atom. The molecular formula is C27H24N4O. The number of aryl methyl sites for hydroxylation is 1. The Morgan fingerprint density at radius 2 is 1.62 bits per heavy atom. The average Bonchev–Trinajstić information content (AvgIpc) is 3.32. The largest absolute Gasteiger partial charge is 0.474 e. The van der Waals surface area contributed by atoms with Crippen molar-refractivity contribution in [2.24, 2.45) is 5.73 Å². The summed E-state index contributed by atoms with van der Waals surface area (Å²) < 4.78 is 6.06. The van der Waals surface area contributed by atoms with Crippen LogP contribution in [-0.2, 0) is 6.42 Å². The highest BCUT2D eigenvalue weighted by Gasteiger charge is 2.14. The Bertz CT molecular complexity index is 1320. The van der Waals surface area contributed by atoms with Crippen LogP contribution in [0.4, 0.5) is 0 Å². The van der Waals surface area contributed by atoms with Crippen molar-refractivity contribution in [3.05, 3.63) is 103 Å². The monoisotopic (exact) mass is 420 g/mol. The molecule has 0 aliphatic heterocycles. The fourth-order valence-corrected chi connectivity index (χ4v) is 3.85. The van der Waals surface area contributed by atoms with Crippen molar-refractivity contribution in [3.8, 4) is 28.1 Å². The number of pyridine rings is 1. The number of ether oxygens (including phenoxy) is 1. The van der Waals surface area contributed by atoms with E-state index in [2.05, 4.69) is 46.6 Å². The van der Waals surface area contributed by atoms with Gasteiger partial charge in [-0.25, -0.2) is 0 Å². The lowest BCUT2D eigenvalue weighted by Crippen LogP contribution is -2.27. The van der Waals surface area contributed by atoms with Crippen molar-refractivity contribution in [2.75, 3.05) is 0 Å². The number of nitrogens with two attached hydrogens (primary N) is 1. The second-order valence-corrected chi connectivity index (χ2v) is 7.79. The van der Waals surface area contributed by atoms with E-state index in [1.54, 1.807) is 6.20 Å². The van der Waals surface area contributed by atoms with E-state index >= 15 is 0 Å². The first-order valence-electron chi connectivity index (χ1n) is 10.7. The number of fused-ring (bicyclic) bond motifs is 1. The first-order chi connectivity index (χ1) is 15.8. The summed E-state index contributed by atoms with van der Waals surface area (Å²) in [5, 5.41) is 8.19. The van der Waals surface area contributed by atoms with Gasteiger partial charge in [0, 0.05) is 22.9 Å². The maximum absolute atomic E-state index is 6.29. The number of aromatic nitrogens is 3. The molecule has 1 atom stereocenters. The minimum Gasteiger partial charge on any atom is -0.474 e. The number of aromatic amines is 1. The zero-order valence-electron chi connectivity index (χ0n) is 17.6. The first kappa shape index (κ1) is 20.0. The fraction of sp³-hybridized carbons (Fsp3) is 0.111. The van der Waals surface area contributed by atoms with Gasteiger partial charge in [-0.05, 0) is 35.7 Å². The second-order valence-electron chi connectivity index (χ2n) is 7.79. The van der Waals surface area contributed by atoms with Crippen LogP contribution in [0.1, 0.15) is 12.0 Å². The quantitative estimate of drug-likeness (QED) is 0.337. The molecule has 5 aromatic rings. The summed E-state index contributed by atoms with van der Waals surface area (Å²) in [5.74, 6) is 0.660. The molecule has 0 fully saturated rings. The summed E-state index contributed by atoms with van der Waals surface area (Å²) >= 11 is 0. The van der Waals surface area contributed by atoms with Crippen LogP contribution < -0.4 is 10.5 Å². The van der Waals surface area contributed by atoms with Crippen LogP contribution in [-0.4, -0.2) is 21.4 Å². The normalized spacial score (nSPS) is 12.0. The van der Waals surface area contributed by atoms with Gasteiger partial charge in [0.15, 0.2) is 0 Å². The van der Waals surface area contributed by atoms with Gasteiger partial charge in [0.1, 0.15) is 12.0 Å². The third kappa shape index (κ3) is 4.38. The molecule has 0 radical (unpaired) electrons.